The molecule has 0 aliphatic heterocycles. The molecule has 1 aromatic carbocycles. The molecule has 0 fully saturated rings. The molecule has 0 amide bonds. The van der Waals surface area contributed by atoms with E-state index in [4.69, 9.17) is 27.9 Å². The Kier molecular flexibility index (Phi) is 4.06. The van der Waals surface area contributed by atoms with Crippen LogP contribution in [0.15, 0.2) is 18.2 Å². The lowest BCUT2D eigenvalue weighted by atomic mass is 10.1. The second-order valence-electron chi connectivity index (χ2n) is 4.09. The van der Waals surface area contributed by atoms with Crippen LogP contribution >= 0.6 is 23.2 Å². The third-order valence-electron chi connectivity index (χ3n) is 2.60. The van der Waals surface area contributed by atoms with E-state index in [2.05, 4.69) is 10.2 Å². The summed E-state index contributed by atoms with van der Waals surface area (Å²) in [6.07, 6.45) is 0. The van der Waals surface area contributed by atoms with Crippen molar-refractivity contribution in [1.82, 2.24) is 10.2 Å². The molecule has 104 valence electrons. The number of rotatable bonds is 3. The van der Waals surface area contributed by atoms with Gasteiger partial charge in [-0.3, -0.25) is 10.1 Å². The third kappa shape index (κ3) is 2.97. The van der Waals surface area contributed by atoms with Crippen molar-refractivity contribution in [2.75, 3.05) is 0 Å². The molecule has 6 nitrogen and oxygen atoms in total. The number of nitrogens with zero attached hydrogens (tertiary/aromatic N) is 3. The van der Waals surface area contributed by atoms with Crippen molar-refractivity contribution < 1.29 is 9.66 Å². The van der Waals surface area contributed by atoms with Gasteiger partial charge in [-0.25, -0.2) is 0 Å². The first-order valence-electron chi connectivity index (χ1n) is 5.50. The zero-order valence-electron chi connectivity index (χ0n) is 10.6. The molecule has 1 aromatic heterocycles. The van der Waals surface area contributed by atoms with Crippen LogP contribution in [0.2, 0.25) is 10.3 Å². The molecule has 0 aliphatic carbocycles. The van der Waals surface area contributed by atoms with Crippen molar-refractivity contribution in [2.45, 2.75) is 13.8 Å². The molecule has 0 saturated heterocycles. The van der Waals surface area contributed by atoms with Gasteiger partial charge in [0.05, 0.1) is 4.92 Å². The molecule has 0 atom stereocenters. The van der Waals surface area contributed by atoms with Crippen LogP contribution in [-0.4, -0.2) is 15.1 Å². The second-order valence-corrected chi connectivity index (χ2v) is 4.83. The Balaban J connectivity index is 2.42. The fraction of sp³-hybridized carbons (Fsp3) is 0.167. The van der Waals surface area contributed by atoms with Crippen molar-refractivity contribution >= 4 is 28.9 Å². The Morgan fingerprint density at radius 2 is 1.80 bits per heavy atom. The first-order chi connectivity index (χ1) is 9.38. The maximum absolute atomic E-state index is 10.9. The van der Waals surface area contributed by atoms with E-state index < -0.39 is 4.92 Å². The third-order valence-corrected chi connectivity index (χ3v) is 3.04. The predicted molar refractivity (Wildman–Crippen MR) is 74.7 cm³/mol. The van der Waals surface area contributed by atoms with E-state index in [0.717, 1.165) is 0 Å². The van der Waals surface area contributed by atoms with Crippen LogP contribution in [0.5, 0.6) is 11.5 Å². The Bertz CT molecular complexity index is 692. The van der Waals surface area contributed by atoms with E-state index in [0.29, 0.717) is 16.9 Å². The Hall–Kier alpha value is -1.92. The van der Waals surface area contributed by atoms with E-state index in [9.17, 15) is 10.1 Å². The van der Waals surface area contributed by atoms with Gasteiger partial charge in [-0.2, -0.15) is 0 Å². The van der Waals surface area contributed by atoms with Gasteiger partial charge in [0.1, 0.15) is 5.75 Å². The summed E-state index contributed by atoms with van der Waals surface area (Å²) in [6, 6.07) is 4.43. The fourth-order valence-corrected chi connectivity index (χ4v) is 1.88. The summed E-state index contributed by atoms with van der Waals surface area (Å²) in [6.45, 7) is 3.33. The highest BCUT2D eigenvalue weighted by Crippen LogP contribution is 2.34. The number of aromatic nitrogens is 2. The van der Waals surface area contributed by atoms with Crippen LogP contribution in [0, 0.1) is 24.0 Å². The molecule has 20 heavy (non-hydrogen) atoms. The van der Waals surface area contributed by atoms with Crippen molar-refractivity contribution in [2.24, 2.45) is 0 Å². The zero-order valence-corrected chi connectivity index (χ0v) is 12.1. The number of aryl methyl sites for hydroxylation is 2. The first kappa shape index (κ1) is 14.5. The molecule has 8 heteroatoms. The van der Waals surface area contributed by atoms with Crippen molar-refractivity contribution in [3.05, 3.63) is 49.7 Å². The smallest absolute Gasteiger partial charge is 0.272 e. The number of ether oxygens (including phenoxy) is 1. The van der Waals surface area contributed by atoms with Crippen LogP contribution in [0.3, 0.4) is 0 Å². The van der Waals surface area contributed by atoms with E-state index in [1.54, 1.807) is 19.9 Å². The van der Waals surface area contributed by atoms with Gasteiger partial charge in [0.2, 0.25) is 0 Å². The second kappa shape index (κ2) is 5.60. The lowest BCUT2D eigenvalue weighted by molar-refractivity contribution is -0.385. The molecule has 0 spiro atoms. The van der Waals surface area contributed by atoms with Crippen molar-refractivity contribution in [3.8, 4) is 11.5 Å². The molecule has 2 rings (SSSR count). The van der Waals surface area contributed by atoms with Crippen LogP contribution in [0.4, 0.5) is 5.69 Å². The lowest BCUT2D eigenvalue weighted by Crippen LogP contribution is -1.96. The van der Waals surface area contributed by atoms with Crippen LogP contribution in [0.1, 0.15) is 11.1 Å². The van der Waals surface area contributed by atoms with Crippen LogP contribution < -0.4 is 4.74 Å². The molecule has 2 aromatic rings. The van der Waals surface area contributed by atoms with Gasteiger partial charge in [0.15, 0.2) is 16.1 Å². The van der Waals surface area contributed by atoms with Crippen LogP contribution in [0.25, 0.3) is 0 Å². The summed E-state index contributed by atoms with van der Waals surface area (Å²) in [5.41, 5.74) is 1.12. The molecule has 0 radical (unpaired) electrons. The summed E-state index contributed by atoms with van der Waals surface area (Å²) >= 11 is 11.6. The summed E-state index contributed by atoms with van der Waals surface area (Å²) in [4.78, 5) is 10.4. The van der Waals surface area contributed by atoms with Crippen LogP contribution in [-0.2, 0) is 0 Å². The fourth-order valence-electron chi connectivity index (χ4n) is 1.61. The average molecular weight is 314 g/mol. The monoisotopic (exact) mass is 313 g/mol. The number of benzene rings is 1. The number of hydrogen-bond donors (Lipinski definition) is 0. The topological polar surface area (TPSA) is 78.2 Å². The number of nitro groups is 1. The van der Waals surface area contributed by atoms with Crippen molar-refractivity contribution in [3.63, 3.8) is 0 Å². The molecule has 0 aliphatic rings. The maximum Gasteiger partial charge on any atom is 0.272 e. The van der Waals surface area contributed by atoms with E-state index in [-0.39, 0.29) is 21.7 Å². The predicted octanol–water partition coefficient (Wildman–Crippen LogP) is 4.10. The minimum Gasteiger partial charge on any atom is -0.454 e. The highest BCUT2D eigenvalue weighted by Gasteiger charge is 2.16. The summed E-state index contributed by atoms with van der Waals surface area (Å²) in [5.74, 6) is 0.682. The highest BCUT2D eigenvalue weighted by atomic mass is 35.5. The standard InChI is InChI=1S/C12H9Cl2N3O3/c1-6-4-9(7(2)3-8(6)17(18)19)20-10-5-11(13)15-16-12(10)14/h3-5H,1-2H3. The van der Waals surface area contributed by atoms with E-state index >= 15 is 0 Å². The Labute approximate surface area is 124 Å². The normalized spacial score (nSPS) is 10.4. The molecular formula is C12H9Cl2N3O3. The van der Waals surface area contributed by atoms with Gasteiger partial charge in [0.25, 0.3) is 5.69 Å². The van der Waals surface area contributed by atoms with Gasteiger partial charge in [-0.05, 0) is 25.5 Å². The molecule has 0 N–H and O–H groups in total. The first-order valence-corrected chi connectivity index (χ1v) is 6.26. The maximum atomic E-state index is 10.9. The SMILES string of the molecule is Cc1cc([N+](=O)[O-])c(C)cc1Oc1cc(Cl)nnc1Cl. The summed E-state index contributed by atoms with van der Waals surface area (Å²) in [5, 5.41) is 18.2. The lowest BCUT2D eigenvalue weighted by Gasteiger charge is -2.10. The number of nitro benzene ring substituents is 1. The Morgan fingerprint density at radius 3 is 2.45 bits per heavy atom. The molecule has 1 heterocycles. The van der Waals surface area contributed by atoms with Gasteiger partial charge in [-0.15, -0.1) is 10.2 Å². The molecular weight excluding hydrogens is 305 g/mol. The molecule has 0 bridgehead atoms. The largest absolute Gasteiger partial charge is 0.454 e. The molecule has 0 unspecified atom stereocenters. The summed E-state index contributed by atoms with van der Waals surface area (Å²) in [7, 11) is 0. The Morgan fingerprint density at radius 1 is 1.10 bits per heavy atom. The minimum atomic E-state index is -0.441. The van der Waals surface area contributed by atoms with Gasteiger partial charge >= 0.3 is 0 Å². The van der Waals surface area contributed by atoms with E-state index in [1.165, 1.54) is 12.1 Å². The van der Waals surface area contributed by atoms with Gasteiger partial charge < -0.3 is 4.74 Å². The average Bonchev–Trinajstić information content (AvgIpc) is 2.37. The zero-order chi connectivity index (χ0) is 14.9. The molecule has 0 saturated carbocycles. The van der Waals surface area contributed by atoms with Gasteiger partial charge in [0, 0.05) is 17.7 Å². The number of halogens is 2. The quantitative estimate of drug-likeness (QED) is 0.629. The van der Waals surface area contributed by atoms with Crippen molar-refractivity contribution in [1.29, 1.82) is 0 Å². The number of hydrogen-bond acceptors (Lipinski definition) is 5. The van der Waals surface area contributed by atoms with E-state index in [1.807, 2.05) is 0 Å². The minimum absolute atomic E-state index is 0.0341. The highest BCUT2D eigenvalue weighted by molar-refractivity contribution is 6.32. The summed E-state index contributed by atoms with van der Waals surface area (Å²) < 4.78 is 5.59. The van der Waals surface area contributed by atoms with Gasteiger partial charge in [-0.1, -0.05) is 23.2 Å².